The fourth-order valence-corrected chi connectivity index (χ4v) is 1.52. The van der Waals surface area contributed by atoms with E-state index in [2.05, 4.69) is 24.3 Å². The summed E-state index contributed by atoms with van der Waals surface area (Å²) >= 11 is 0. The Hall–Kier alpha value is -1.14. The third kappa shape index (κ3) is 8.19. The molecule has 1 aliphatic rings. The second-order valence-corrected chi connectivity index (χ2v) is 4.02. The van der Waals surface area contributed by atoms with Gasteiger partial charge in [-0.2, -0.15) is 0 Å². The first kappa shape index (κ1) is 14.9. The van der Waals surface area contributed by atoms with E-state index in [-0.39, 0.29) is 0 Å². The first-order chi connectivity index (χ1) is 7.43. The van der Waals surface area contributed by atoms with Crippen LogP contribution in [0, 0.1) is 0 Å². The van der Waals surface area contributed by atoms with Gasteiger partial charge in [-0.15, -0.1) is 0 Å². The minimum Gasteiger partial charge on any atom is -0.473 e. The van der Waals surface area contributed by atoms with Gasteiger partial charge >= 0.3 is 11.9 Å². The molecule has 0 aromatic heterocycles. The van der Waals surface area contributed by atoms with Crippen LogP contribution < -0.4 is 5.32 Å². The maximum atomic E-state index is 9.10. The monoisotopic (exact) mass is 232 g/mol. The molecule has 1 unspecified atom stereocenters. The summed E-state index contributed by atoms with van der Waals surface area (Å²) in [5.41, 5.74) is 0. The zero-order valence-corrected chi connectivity index (χ0v) is 9.77. The summed E-state index contributed by atoms with van der Waals surface area (Å²) in [5, 5.41) is 18.3. The van der Waals surface area contributed by atoms with Crippen molar-refractivity contribution < 1.29 is 19.8 Å². The first-order valence-electron chi connectivity index (χ1n) is 5.27. The molecule has 0 aromatic carbocycles. The van der Waals surface area contributed by atoms with Crippen LogP contribution in [-0.4, -0.2) is 60.3 Å². The summed E-state index contributed by atoms with van der Waals surface area (Å²) in [6.45, 7) is 2.42. The second-order valence-electron chi connectivity index (χ2n) is 4.02. The van der Waals surface area contributed by atoms with Gasteiger partial charge in [0, 0.05) is 12.6 Å². The molecule has 1 aliphatic heterocycles. The van der Waals surface area contributed by atoms with Crippen molar-refractivity contribution in [1.29, 1.82) is 0 Å². The Morgan fingerprint density at radius 1 is 1.25 bits per heavy atom. The highest BCUT2D eigenvalue weighted by molar-refractivity contribution is 6.27. The normalized spacial score (nSPS) is 19.8. The standard InChI is InChI=1S/C8H18N2.C2H2O4/c1-10(2)7-8-5-3-4-6-9-8;3-1(4)2(5)6/h8-9H,3-7H2,1-2H3;(H,3,4)(H,5,6). The van der Waals surface area contributed by atoms with Crippen LogP contribution in [0.1, 0.15) is 19.3 Å². The molecule has 0 aliphatic carbocycles. The van der Waals surface area contributed by atoms with Gasteiger partial charge in [0.2, 0.25) is 0 Å². The number of hydrogen-bond donors (Lipinski definition) is 3. The maximum Gasteiger partial charge on any atom is 0.414 e. The largest absolute Gasteiger partial charge is 0.473 e. The summed E-state index contributed by atoms with van der Waals surface area (Å²) in [5.74, 6) is -3.65. The molecule has 0 spiro atoms. The fourth-order valence-electron chi connectivity index (χ4n) is 1.52. The van der Waals surface area contributed by atoms with Gasteiger partial charge in [-0.1, -0.05) is 6.42 Å². The van der Waals surface area contributed by atoms with Crippen molar-refractivity contribution in [1.82, 2.24) is 10.2 Å². The average molecular weight is 232 g/mol. The predicted molar refractivity (Wildman–Crippen MR) is 59.5 cm³/mol. The Bertz CT molecular complexity index is 213. The van der Waals surface area contributed by atoms with Crippen molar-refractivity contribution in [3.05, 3.63) is 0 Å². The van der Waals surface area contributed by atoms with Crippen molar-refractivity contribution in [3.63, 3.8) is 0 Å². The second kappa shape index (κ2) is 8.06. The summed E-state index contributed by atoms with van der Waals surface area (Å²) in [6.07, 6.45) is 4.13. The van der Waals surface area contributed by atoms with Crippen LogP contribution >= 0.6 is 0 Å². The van der Waals surface area contributed by atoms with Crippen LogP contribution in [0.5, 0.6) is 0 Å². The van der Waals surface area contributed by atoms with Crippen LogP contribution in [0.15, 0.2) is 0 Å². The molecule has 1 fully saturated rings. The van der Waals surface area contributed by atoms with Gasteiger partial charge in [0.1, 0.15) is 0 Å². The smallest absolute Gasteiger partial charge is 0.414 e. The molecule has 0 amide bonds. The summed E-state index contributed by atoms with van der Waals surface area (Å²) in [4.78, 5) is 20.5. The zero-order valence-electron chi connectivity index (χ0n) is 9.77. The highest BCUT2D eigenvalue weighted by atomic mass is 16.4. The highest BCUT2D eigenvalue weighted by Crippen LogP contribution is 2.06. The molecule has 0 radical (unpaired) electrons. The van der Waals surface area contributed by atoms with Crippen LogP contribution in [0.25, 0.3) is 0 Å². The quantitative estimate of drug-likeness (QED) is 0.573. The molecule has 6 heteroatoms. The molecule has 0 saturated carbocycles. The molecular weight excluding hydrogens is 212 g/mol. The molecule has 6 nitrogen and oxygen atoms in total. The van der Waals surface area contributed by atoms with Gasteiger partial charge < -0.3 is 20.4 Å². The lowest BCUT2D eigenvalue weighted by atomic mass is 10.1. The number of carboxylic acid groups (broad SMARTS) is 2. The van der Waals surface area contributed by atoms with E-state index in [4.69, 9.17) is 19.8 Å². The number of hydrogen-bond acceptors (Lipinski definition) is 4. The third-order valence-corrected chi connectivity index (χ3v) is 2.18. The molecule has 0 bridgehead atoms. The Morgan fingerprint density at radius 3 is 2.12 bits per heavy atom. The fraction of sp³-hybridized carbons (Fsp3) is 0.800. The molecular formula is C10H20N2O4. The van der Waals surface area contributed by atoms with Gasteiger partial charge in [-0.3, -0.25) is 0 Å². The van der Waals surface area contributed by atoms with Gasteiger partial charge in [-0.25, -0.2) is 9.59 Å². The lowest BCUT2D eigenvalue weighted by Gasteiger charge is -2.25. The summed E-state index contributed by atoms with van der Waals surface area (Å²) < 4.78 is 0. The van der Waals surface area contributed by atoms with E-state index in [9.17, 15) is 0 Å². The third-order valence-electron chi connectivity index (χ3n) is 2.18. The van der Waals surface area contributed by atoms with Crippen LogP contribution in [-0.2, 0) is 9.59 Å². The van der Waals surface area contributed by atoms with Crippen LogP contribution in [0.2, 0.25) is 0 Å². The van der Waals surface area contributed by atoms with E-state index in [1.165, 1.54) is 32.4 Å². The number of carboxylic acids is 2. The van der Waals surface area contributed by atoms with E-state index < -0.39 is 11.9 Å². The average Bonchev–Trinajstić information content (AvgIpc) is 2.19. The Balaban J connectivity index is 0.000000325. The van der Waals surface area contributed by atoms with Crippen molar-refractivity contribution in [2.75, 3.05) is 27.2 Å². The van der Waals surface area contributed by atoms with Gasteiger partial charge in [-0.05, 0) is 33.5 Å². The van der Waals surface area contributed by atoms with Crippen molar-refractivity contribution in [3.8, 4) is 0 Å². The maximum absolute atomic E-state index is 9.10. The predicted octanol–water partition coefficient (Wildman–Crippen LogP) is -0.154. The topological polar surface area (TPSA) is 89.9 Å². The number of rotatable bonds is 2. The number of nitrogens with zero attached hydrogens (tertiary/aromatic N) is 1. The number of piperidine rings is 1. The Labute approximate surface area is 95.2 Å². The summed E-state index contributed by atoms with van der Waals surface area (Å²) in [6, 6.07) is 0.753. The number of nitrogens with one attached hydrogen (secondary N) is 1. The number of likely N-dealkylation sites (N-methyl/N-ethyl adjacent to an activating group) is 1. The van der Waals surface area contributed by atoms with Gasteiger partial charge in [0.15, 0.2) is 0 Å². The van der Waals surface area contributed by atoms with E-state index in [0.717, 1.165) is 6.04 Å². The Kier molecular flexibility index (Phi) is 7.49. The lowest BCUT2D eigenvalue weighted by molar-refractivity contribution is -0.159. The molecule has 3 N–H and O–H groups in total. The molecule has 1 rings (SSSR count). The molecule has 1 saturated heterocycles. The SMILES string of the molecule is CN(C)CC1CCCCN1.O=C(O)C(=O)O. The summed E-state index contributed by atoms with van der Waals surface area (Å²) in [7, 11) is 4.27. The molecule has 1 atom stereocenters. The first-order valence-corrected chi connectivity index (χ1v) is 5.27. The zero-order chi connectivity index (χ0) is 12.6. The van der Waals surface area contributed by atoms with Crippen molar-refractivity contribution in [2.45, 2.75) is 25.3 Å². The van der Waals surface area contributed by atoms with E-state index in [1.54, 1.807) is 0 Å². The lowest BCUT2D eigenvalue weighted by Crippen LogP contribution is -2.41. The van der Waals surface area contributed by atoms with Gasteiger partial charge in [0.05, 0.1) is 0 Å². The highest BCUT2D eigenvalue weighted by Gasteiger charge is 2.11. The van der Waals surface area contributed by atoms with Crippen LogP contribution in [0.3, 0.4) is 0 Å². The molecule has 0 aromatic rings. The minimum absolute atomic E-state index is 0.753. The van der Waals surface area contributed by atoms with E-state index >= 15 is 0 Å². The molecule has 1 heterocycles. The molecule has 94 valence electrons. The Morgan fingerprint density at radius 2 is 1.81 bits per heavy atom. The van der Waals surface area contributed by atoms with E-state index in [0.29, 0.717) is 0 Å². The van der Waals surface area contributed by atoms with Crippen molar-refractivity contribution in [2.24, 2.45) is 0 Å². The van der Waals surface area contributed by atoms with E-state index in [1.807, 2.05) is 0 Å². The van der Waals surface area contributed by atoms with Crippen molar-refractivity contribution >= 4 is 11.9 Å². The van der Waals surface area contributed by atoms with Crippen LogP contribution in [0.4, 0.5) is 0 Å². The minimum atomic E-state index is -1.82. The number of aliphatic carboxylic acids is 2. The number of carbonyl (C=O) groups is 2. The van der Waals surface area contributed by atoms with Gasteiger partial charge in [0.25, 0.3) is 0 Å². The molecule has 16 heavy (non-hydrogen) atoms.